The molecule has 0 saturated carbocycles. The van der Waals surface area contributed by atoms with E-state index >= 15 is 0 Å². The molecule has 0 radical (unpaired) electrons. The highest BCUT2D eigenvalue weighted by Gasteiger charge is 2.25. The fourth-order valence-corrected chi connectivity index (χ4v) is 2.47. The minimum Gasteiger partial charge on any atom is -0.398 e. The molecule has 1 aliphatic rings. The van der Waals surface area contributed by atoms with Crippen LogP contribution in [0.1, 0.15) is 18.9 Å². The van der Waals surface area contributed by atoms with E-state index in [0.717, 1.165) is 25.2 Å². The van der Waals surface area contributed by atoms with Gasteiger partial charge in [-0.25, -0.2) is 0 Å². The molecule has 1 aromatic heterocycles. The minimum absolute atomic E-state index is 0.152. The first-order chi connectivity index (χ1) is 10.2. The summed E-state index contributed by atoms with van der Waals surface area (Å²) in [6.07, 6.45) is -0.152. The van der Waals surface area contributed by atoms with E-state index in [1.165, 1.54) is 0 Å². The van der Waals surface area contributed by atoms with Crippen LogP contribution in [0, 0.1) is 0 Å². The van der Waals surface area contributed by atoms with Crippen LogP contribution in [-0.4, -0.2) is 41.3 Å². The van der Waals surface area contributed by atoms with Crippen molar-refractivity contribution >= 4 is 17.3 Å². The van der Waals surface area contributed by atoms with E-state index in [2.05, 4.69) is 22.0 Å². The number of morpholine rings is 1. The number of nitrogens with two attached hydrogens (primary N) is 1. The number of hydrogen-bond donors (Lipinski definition) is 1. The van der Waals surface area contributed by atoms with Crippen molar-refractivity contribution in [2.45, 2.75) is 13.0 Å². The average Bonchev–Trinajstić information content (AvgIpc) is 3.00. The largest absolute Gasteiger partial charge is 0.398 e. The van der Waals surface area contributed by atoms with Crippen LogP contribution < -0.4 is 5.73 Å². The lowest BCUT2D eigenvalue weighted by Gasteiger charge is -2.30. The zero-order chi connectivity index (χ0) is 14.8. The molecule has 3 rings (SSSR count). The van der Waals surface area contributed by atoms with Gasteiger partial charge in [0.05, 0.1) is 17.3 Å². The zero-order valence-corrected chi connectivity index (χ0v) is 12.5. The van der Waals surface area contributed by atoms with Gasteiger partial charge in [-0.3, -0.25) is 4.90 Å². The number of likely N-dealkylation sites (N-methyl/N-ethyl adjacent to an activating group) is 1. The number of anilines is 1. The van der Waals surface area contributed by atoms with Crippen molar-refractivity contribution in [3.8, 4) is 11.5 Å². The van der Waals surface area contributed by atoms with E-state index in [1.807, 2.05) is 0 Å². The normalized spacial score (nSPS) is 19.8. The highest BCUT2D eigenvalue weighted by Crippen LogP contribution is 2.27. The summed E-state index contributed by atoms with van der Waals surface area (Å²) in [4.78, 5) is 6.71. The Bertz CT molecular complexity index is 631. The summed E-state index contributed by atoms with van der Waals surface area (Å²) in [5.74, 6) is 0.986. The third kappa shape index (κ3) is 3.02. The molecule has 6 nitrogen and oxygen atoms in total. The van der Waals surface area contributed by atoms with Crippen LogP contribution in [0.3, 0.4) is 0 Å². The summed E-state index contributed by atoms with van der Waals surface area (Å²) in [6, 6.07) is 5.24. The summed E-state index contributed by atoms with van der Waals surface area (Å²) in [5, 5.41) is 4.50. The SMILES string of the molecule is CCN1CCOC(c2noc(-c3ccc(N)c(Cl)c3)n2)C1. The Balaban J connectivity index is 1.81. The Kier molecular flexibility index (Phi) is 4.10. The first-order valence-corrected chi connectivity index (χ1v) is 7.28. The number of benzene rings is 1. The van der Waals surface area contributed by atoms with Crippen LogP contribution in [0.2, 0.25) is 5.02 Å². The summed E-state index contributed by atoms with van der Waals surface area (Å²) < 4.78 is 11.0. The molecule has 1 atom stereocenters. The fraction of sp³-hybridized carbons (Fsp3) is 0.429. The average molecular weight is 309 g/mol. The minimum atomic E-state index is -0.152. The van der Waals surface area contributed by atoms with E-state index in [0.29, 0.717) is 29.0 Å². The van der Waals surface area contributed by atoms with E-state index in [4.69, 9.17) is 26.6 Å². The standard InChI is InChI=1S/C14H17ClN4O2/c1-2-19-5-6-20-12(8-19)13-17-14(21-18-13)9-3-4-11(16)10(15)7-9/h3-4,7,12H,2,5-6,8,16H2,1H3. The van der Waals surface area contributed by atoms with Crippen molar-refractivity contribution in [1.29, 1.82) is 0 Å². The Morgan fingerprint density at radius 1 is 1.48 bits per heavy atom. The maximum atomic E-state index is 6.01. The van der Waals surface area contributed by atoms with Gasteiger partial charge in [0.1, 0.15) is 6.10 Å². The second kappa shape index (κ2) is 6.01. The van der Waals surface area contributed by atoms with Crippen molar-refractivity contribution in [1.82, 2.24) is 15.0 Å². The van der Waals surface area contributed by atoms with Gasteiger partial charge in [0.25, 0.3) is 5.89 Å². The molecule has 1 unspecified atom stereocenters. The summed E-state index contributed by atoms with van der Waals surface area (Å²) in [7, 11) is 0. The lowest BCUT2D eigenvalue weighted by atomic mass is 10.2. The number of rotatable bonds is 3. The number of nitrogen functional groups attached to an aromatic ring is 1. The Labute approximate surface area is 127 Å². The van der Waals surface area contributed by atoms with Gasteiger partial charge in [-0.2, -0.15) is 4.98 Å². The molecule has 1 fully saturated rings. The molecular weight excluding hydrogens is 292 g/mol. The fourth-order valence-electron chi connectivity index (χ4n) is 2.29. The molecule has 0 spiro atoms. The van der Waals surface area contributed by atoms with E-state index in [-0.39, 0.29) is 6.10 Å². The number of halogens is 1. The van der Waals surface area contributed by atoms with Crippen molar-refractivity contribution < 1.29 is 9.26 Å². The van der Waals surface area contributed by atoms with Crippen molar-refractivity contribution in [2.75, 3.05) is 32.0 Å². The van der Waals surface area contributed by atoms with Crippen LogP contribution in [0.15, 0.2) is 22.7 Å². The lowest BCUT2D eigenvalue weighted by Crippen LogP contribution is -2.38. The predicted molar refractivity (Wildman–Crippen MR) is 80.0 cm³/mol. The molecule has 112 valence electrons. The van der Waals surface area contributed by atoms with Gasteiger partial charge in [0.2, 0.25) is 5.82 Å². The number of nitrogens with zero attached hydrogens (tertiary/aromatic N) is 3. The molecule has 2 N–H and O–H groups in total. The Morgan fingerprint density at radius 2 is 2.33 bits per heavy atom. The molecule has 7 heteroatoms. The van der Waals surface area contributed by atoms with Crippen LogP contribution >= 0.6 is 11.6 Å². The highest BCUT2D eigenvalue weighted by molar-refractivity contribution is 6.33. The van der Waals surface area contributed by atoms with E-state index in [9.17, 15) is 0 Å². The van der Waals surface area contributed by atoms with E-state index < -0.39 is 0 Å². The molecule has 2 aromatic rings. The summed E-state index contributed by atoms with van der Waals surface area (Å²) >= 11 is 6.01. The quantitative estimate of drug-likeness (QED) is 0.877. The molecule has 2 heterocycles. The van der Waals surface area contributed by atoms with Crippen LogP contribution in [-0.2, 0) is 4.74 Å². The molecule has 0 aliphatic carbocycles. The van der Waals surface area contributed by atoms with Crippen LogP contribution in [0.25, 0.3) is 11.5 Å². The lowest BCUT2D eigenvalue weighted by molar-refractivity contribution is -0.0334. The zero-order valence-electron chi connectivity index (χ0n) is 11.8. The third-order valence-corrected chi connectivity index (χ3v) is 3.90. The number of aromatic nitrogens is 2. The van der Waals surface area contributed by atoms with Gasteiger partial charge >= 0.3 is 0 Å². The van der Waals surface area contributed by atoms with Crippen LogP contribution in [0.5, 0.6) is 0 Å². The van der Waals surface area contributed by atoms with Gasteiger partial charge in [-0.1, -0.05) is 23.7 Å². The van der Waals surface area contributed by atoms with Gasteiger partial charge in [0, 0.05) is 18.7 Å². The van der Waals surface area contributed by atoms with Crippen molar-refractivity contribution in [2.24, 2.45) is 0 Å². The summed E-state index contributed by atoms with van der Waals surface area (Å²) in [5.41, 5.74) is 6.96. The van der Waals surface area contributed by atoms with Crippen LogP contribution in [0.4, 0.5) is 5.69 Å². The first-order valence-electron chi connectivity index (χ1n) is 6.90. The smallest absolute Gasteiger partial charge is 0.258 e. The van der Waals surface area contributed by atoms with Crippen molar-refractivity contribution in [3.05, 3.63) is 29.0 Å². The van der Waals surface area contributed by atoms with E-state index in [1.54, 1.807) is 18.2 Å². The highest BCUT2D eigenvalue weighted by atomic mass is 35.5. The Morgan fingerprint density at radius 3 is 3.10 bits per heavy atom. The molecular formula is C14H17ClN4O2. The second-order valence-electron chi connectivity index (χ2n) is 4.95. The van der Waals surface area contributed by atoms with Crippen molar-refractivity contribution in [3.63, 3.8) is 0 Å². The summed E-state index contributed by atoms with van der Waals surface area (Å²) in [6.45, 7) is 5.50. The molecule has 1 aliphatic heterocycles. The van der Waals surface area contributed by atoms with Gasteiger partial charge in [0.15, 0.2) is 0 Å². The van der Waals surface area contributed by atoms with Gasteiger partial charge in [-0.15, -0.1) is 0 Å². The molecule has 0 amide bonds. The monoisotopic (exact) mass is 308 g/mol. The van der Waals surface area contributed by atoms with Gasteiger partial charge < -0.3 is 15.0 Å². The third-order valence-electron chi connectivity index (χ3n) is 3.57. The number of ether oxygens (including phenoxy) is 1. The Hall–Kier alpha value is -1.63. The maximum Gasteiger partial charge on any atom is 0.258 e. The maximum absolute atomic E-state index is 6.01. The second-order valence-corrected chi connectivity index (χ2v) is 5.35. The topological polar surface area (TPSA) is 77.4 Å². The number of hydrogen-bond acceptors (Lipinski definition) is 6. The molecule has 0 bridgehead atoms. The molecule has 21 heavy (non-hydrogen) atoms. The first kappa shape index (κ1) is 14.3. The molecule has 1 aromatic carbocycles. The molecule has 1 saturated heterocycles. The van der Waals surface area contributed by atoms with Gasteiger partial charge in [-0.05, 0) is 24.7 Å². The predicted octanol–water partition coefficient (Wildman–Crippen LogP) is 2.37.